The van der Waals surface area contributed by atoms with E-state index in [1.165, 1.54) is 0 Å². The molecule has 1 N–H and O–H groups in total. The Morgan fingerprint density at radius 2 is 1.85 bits per heavy atom. The molecule has 0 radical (unpaired) electrons. The van der Waals surface area contributed by atoms with Crippen molar-refractivity contribution in [1.29, 1.82) is 0 Å². The maximum absolute atomic E-state index is 12.0. The fraction of sp³-hybridized carbons (Fsp3) is 0.300. The molecule has 2 rings (SSSR count). The fourth-order valence-electron chi connectivity index (χ4n) is 2.47. The monoisotopic (exact) mass is 419 g/mol. The summed E-state index contributed by atoms with van der Waals surface area (Å²) in [6.45, 7) is 5.17. The Morgan fingerprint density at radius 3 is 2.54 bits per heavy atom. The average Bonchev–Trinajstić information content (AvgIpc) is 2.59. The first-order valence-corrected chi connectivity index (χ1v) is 9.05. The van der Waals surface area contributed by atoms with Gasteiger partial charge in [0.1, 0.15) is 5.75 Å². The second-order valence-electron chi connectivity index (χ2n) is 6.03. The lowest BCUT2D eigenvalue weighted by atomic mass is 10.1. The molecule has 2 aromatic rings. The normalized spacial score (nSPS) is 11.5. The summed E-state index contributed by atoms with van der Waals surface area (Å²) < 4.78 is 11.3. The molecule has 0 saturated heterocycles. The minimum atomic E-state index is -0.589. The number of hydrogen-bond donors (Lipinski definition) is 1. The molecule has 0 fully saturated rings. The van der Waals surface area contributed by atoms with Crippen molar-refractivity contribution in [3.8, 4) is 5.75 Å². The van der Waals surface area contributed by atoms with E-state index < -0.39 is 5.97 Å². The van der Waals surface area contributed by atoms with Crippen LogP contribution in [0.15, 0.2) is 46.9 Å². The lowest BCUT2D eigenvalue weighted by Gasteiger charge is -2.16. The van der Waals surface area contributed by atoms with Gasteiger partial charge in [-0.3, -0.25) is 4.79 Å². The third kappa shape index (κ3) is 5.88. The number of rotatable bonds is 7. The Hall–Kier alpha value is -2.34. The van der Waals surface area contributed by atoms with Crippen molar-refractivity contribution >= 4 is 27.8 Å². The number of nitrogens with one attached hydrogen (secondary N) is 1. The van der Waals surface area contributed by atoms with E-state index in [0.717, 1.165) is 21.2 Å². The smallest absolute Gasteiger partial charge is 0.344 e. The maximum Gasteiger partial charge on any atom is 0.344 e. The van der Waals surface area contributed by atoms with E-state index in [4.69, 9.17) is 9.47 Å². The molecule has 2 aromatic carbocycles. The molecule has 1 amide bonds. The van der Waals surface area contributed by atoms with E-state index in [1.807, 2.05) is 63.2 Å². The summed E-state index contributed by atoms with van der Waals surface area (Å²) in [5.41, 5.74) is 3.01. The van der Waals surface area contributed by atoms with Gasteiger partial charge in [-0.05, 0) is 44.0 Å². The molecule has 0 spiro atoms. The Balaban J connectivity index is 1.76. The fourth-order valence-corrected chi connectivity index (χ4v) is 3.10. The van der Waals surface area contributed by atoms with Crippen LogP contribution in [0.4, 0.5) is 0 Å². The summed E-state index contributed by atoms with van der Waals surface area (Å²) in [6, 6.07) is 13.1. The van der Waals surface area contributed by atoms with Gasteiger partial charge in [-0.2, -0.15) is 0 Å². The van der Waals surface area contributed by atoms with Crippen molar-refractivity contribution in [3.05, 3.63) is 63.6 Å². The van der Waals surface area contributed by atoms with E-state index in [9.17, 15) is 9.59 Å². The molecule has 138 valence electrons. The minimum absolute atomic E-state index is 0.205. The van der Waals surface area contributed by atoms with Gasteiger partial charge in [0.2, 0.25) is 0 Å². The van der Waals surface area contributed by atoms with Crippen LogP contribution >= 0.6 is 15.9 Å². The lowest BCUT2D eigenvalue weighted by Crippen LogP contribution is -2.32. The van der Waals surface area contributed by atoms with Crippen LogP contribution in [0.1, 0.15) is 29.7 Å². The maximum atomic E-state index is 12.0. The van der Waals surface area contributed by atoms with Gasteiger partial charge in [-0.25, -0.2) is 4.79 Å². The van der Waals surface area contributed by atoms with Crippen molar-refractivity contribution in [2.24, 2.45) is 0 Å². The van der Waals surface area contributed by atoms with E-state index >= 15 is 0 Å². The molecule has 5 nitrogen and oxygen atoms in total. The van der Waals surface area contributed by atoms with Crippen LogP contribution in [-0.2, 0) is 14.3 Å². The number of esters is 1. The predicted molar refractivity (Wildman–Crippen MR) is 103 cm³/mol. The first-order valence-electron chi connectivity index (χ1n) is 8.26. The Kier molecular flexibility index (Phi) is 7.21. The SMILES string of the molecule is Cc1ccc(OCC(=O)OCC(=O)N[C@@H](C)c2ccccc2Br)c(C)c1. The molecule has 0 aliphatic rings. The third-order valence-corrected chi connectivity index (χ3v) is 4.51. The summed E-state index contributed by atoms with van der Waals surface area (Å²) in [4.78, 5) is 23.7. The molecular weight excluding hydrogens is 398 g/mol. The minimum Gasteiger partial charge on any atom is -0.482 e. The summed E-state index contributed by atoms with van der Waals surface area (Å²) in [5, 5.41) is 2.79. The molecule has 0 heterocycles. The largest absolute Gasteiger partial charge is 0.482 e. The van der Waals surface area contributed by atoms with E-state index in [0.29, 0.717) is 5.75 Å². The summed E-state index contributed by atoms with van der Waals surface area (Å²) in [7, 11) is 0. The van der Waals surface area contributed by atoms with Gasteiger partial charge in [0.15, 0.2) is 13.2 Å². The van der Waals surface area contributed by atoms with Gasteiger partial charge in [-0.1, -0.05) is 51.8 Å². The second kappa shape index (κ2) is 9.38. The topological polar surface area (TPSA) is 64.6 Å². The molecular formula is C20H22BrNO4. The zero-order valence-electron chi connectivity index (χ0n) is 15.0. The van der Waals surface area contributed by atoms with Crippen LogP contribution < -0.4 is 10.1 Å². The number of halogens is 1. The van der Waals surface area contributed by atoms with Crippen molar-refractivity contribution in [1.82, 2.24) is 5.32 Å². The van der Waals surface area contributed by atoms with Crippen molar-refractivity contribution in [2.75, 3.05) is 13.2 Å². The first kappa shape index (κ1) is 20.0. The lowest BCUT2D eigenvalue weighted by molar-refractivity contribution is -0.150. The highest BCUT2D eigenvalue weighted by Crippen LogP contribution is 2.22. The standard InChI is InChI=1S/C20H22BrNO4/c1-13-8-9-18(14(2)10-13)25-12-20(24)26-11-19(23)22-15(3)16-6-4-5-7-17(16)21/h4-10,15H,11-12H2,1-3H3,(H,22,23)/t15-/m0/s1. The highest BCUT2D eigenvalue weighted by molar-refractivity contribution is 9.10. The summed E-state index contributed by atoms with van der Waals surface area (Å²) in [6.07, 6.45) is 0. The quantitative estimate of drug-likeness (QED) is 0.691. The molecule has 26 heavy (non-hydrogen) atoms. The molecule has 0 bridgehead atoms. The average molecular weight is 420 g/mol. The van der Waals surface area contributed by atoms with Gasteiger partial charge in [-0.15, -0.1) is 0 Å². The molecule has 0 saturated carbocycles. The van der Waals surface area contributed by atoms with Crippen LogP contribution in [-0.4, -0.2) is 25.1 Å². The Bertz CT molecular complexity index is 791. The zero-order chi connectivity index (χ0) is 19.1. The highest BCUT2D eigenvalue weighted by Gasteiger charge is 2.14. The second-order valence-corrected chi connectivity index (χ2v) is 6.88. The van der Waals surface area contributed by atoms with Crippen LogP contribution in [0.3, 0.4) is 0 Å². The third-order valence-electron chi connectivity index (χ3n) is 3.79. The van der Waals surface area contributed by atoms with E-state index in [2.05, 4.69) is 21.2 Å². The highest BCUT2D eigenvalue weighted by atomic mass is 79.9. The number of hydrogen-bond acceptors (Lipinski definition) is 4. The molecule has 0 aromatic heterocycles. The number of aryl methyl sites for hydroxylation is 2. The van der Waals surface area contributed by atoms with Gasteiger partial charge in [0.05, 0.1) is 6.04 Å². The van der Waals surface area contributed by atoms with Crippen LogP contribution in [0.25, 0.3) is 0 Å². The van der Waals surface area contributed by atoms with Gasteiger partial charge >= 0.3 is 5.97 Å². The zero-order valence-corrected chi connectivity index (χ0v) is 16.6. The molecule has 1 atom stereocenters. The van der Waals surface area contributed by atoms with Crippen molar-refractivity contribution in [2.45, 2.75) is 26.8 Å². The van der Waals surface area contributed by atoms with E-state index in [-0.39, 0.29) is 25.2 Å². The molecule has 6 heteroatoms. The molecule has 0 aliphatic heterocycles. The number of benzene rings is 2. The number of carbonyl (C=O) groups is 2. The predicted octanol–water partition coefficient (Wildman–Crippen LogP) is 3.87. The Morgan fingerprint density at radius 1 is 1.12 bits per heavy atom. The summed E-state index contributed by atoms with van der Waals surface area (Å²) >= 11 is 3.45. The van der Waals surface area contributed by atoms with Crippen molar-refractivity contribution in [3.63, 3.8) is 0 Å². The van der Waals surface area contributed by atoms with Gasteiger partial charge < -0.3 is 14.8 Å². The molecule has 0 unspecified atom stereocenters. The first-order chi connectivity index (χ1) is 12.4. The van der Waals surface area contributed by atoms with Crippen molar-refractivity contribution < 1.29 is 19.1 Å². The number of carbonyl (C=O) groups excluding carboxylic acids is 2. The number of ether oxygens (including phenoxy) is 2. The van der Waals surface area contributed by atoms with Crippen LogP contribution in [0.5, 0.6) is 5.75 Å². The van der Waals surface area contributed by atoms with Gasteiger partial charge in [0.25, 0.3) is 5.91 Å². The van der Waals surface area contributed by atoms with Crippen LogP contribution in [0, 0.1) is 13.8 Å². The number of amides is 1. The van der Waals surface area contributed by atoms with Crippen LogP contribution in [0.2, 0.25) is 0 Å². The van der Waals surface area contributed by atoms with Gasteiger partial charge in [0, 0.05) is 4.47 Å². The molecule has 0 aliphatic carbocycles. The van der Waals surface area contributed by atoms with E-state index in [1.54, 1.807) is 0 Å². The summed E-state index contributed by atoms with van der Waals surface area (Å²) in [5.74, 6) is -0.332. The Labute approximate surface area is 161 Å².